The van der Waals surface area contributed by atoms with Gasteiger partial charge in [-0.1, -0.05) is 22.9 Å². The molecule has 2 amide bonds. The molecule has 0 unspecified atom stereocenters. The Bertz CT molecular complexity index is 1500. The zero-order valence-electron chi connectivity index (χ0n) is 22.9. The van der Waals surface area contributed by atoms with Gasteiger partial charge in [-0.05, 0) is 57.2 Å². The summed E-state index contributed by atoms with van der Waals surface area (Å²) in [4.78, 5) is 36.1. The van der Waals surface area contributed by atoms with Crippen LogP contribution >= 0.6 is 22.9 Å². The van der Waals surface area contributed by atoms with Crippen molar-refractivity contribution in [2.24, 2.45) is 0 Å². The molecule has 2 aromatic carbocycles. The van der Waals surface area contributed by atoms with E-state index < -0.39 is 11.7 Å². The van der Waals surface area contributed by atoms with Crippen LogP contribution in [0.25, 0.3) is 21.3 Å². The van der Waals surface area contributed by atoms with Gasteiger partial charge in [0.25, 0.3) is 5.91 Å². The summed E-state index contributed by atoms with van der Waals surface area (Å²) in [5.74, 6) is 0.263. The summed E-state index contributed by atoms with van der Waals surface area (Å²) in [6.07, 6.45) is -0.420. The van der Waals surface area contributed by atoms with E-state index in [1.54, 1.807) is 25.2 Å². The van der Waals surface area contributed by atoms with Gasteiger partial charge in [0.2, 0.25) is 5.95 Å². The smallest absolute Gasteiger partial charge is 0.410 e. The third-order valence-corrected chi connectivity index (χ3v) is 6.88. The number of nitrogens with zero attached hydrogens (tertiary/aromatic N) is 4. The SMILES string of the molecule is CN(CCn1c(Nc2nc3ccc(Cl)cc3s2)nc2cc(C(=O)NCCOCCO)ccc21)C(=O)OC(C)(C)C. The van der Waals surface area contributed by atoms with Crippen LogP contribution in [0.15, 0.2) is 36.4 Å². The number of benzene rings is 2. The standard InChI is InChI=1S/C27H33ClN6O5S/c1-27(2,3)39-26(37)33(4)10-11-34-21-8-5-17(23(36)29-9-13-38-14-12-35)15-20(21)30-24(34)32-25-31-19-7-6-18(28)16-22(19)40-25/h5-8,15-16,35H,9-14H2,1-4H3,(H,29,36)(H,30,31,32). The van der Waals surface area contributed by atoms with Crippen molar-refractivity contribution in [1.82, 2.24) is 24.8 Å². The molecule has 3 N–H and O–H groups in total. The number of fused-ring (bicyclic) bond motifs is 2. The summed E-state index contributed by atoms with van der Waals surface area (Å²) in [5.41, 5.74) is 2.05. The molecule has 0 radical (unpaired) electrons. The Balaban J connectivity index is 1.59. The largest absolute Gasteiger partial charge is 0.444 e. The van der Waals surface area contributed by atoms with E-state index in [0.717, 1.165) is 15.7 Å². The second-order valence-electron chi connectivity index (χ2n) is 10.0. The molecule has 2 aromatic heterocycles. The summed E-state index contributed by atoms with van der Waals surface area (Å²) in [6.45, 7) is 7.02. The van der Waals surface area contributed by atoms with E-state index in [2.05, 4.69) is 15.6 Å². The minimum absolute atomic E-state index is 0.0675. The molecule has 4 aromatic rings. The summed E-state index contributed by atoms with van der Waals surface area (Å²) in [7, 11) is 1.68. The Morgan fingerprint density at radius 3 is 2.67 bits per heavy atom. The third-order valence-electron chi connectivity index (χ3n) is 5.71. The number of hydrogen-bond donors (Lipinski definition) is 3. The van der Waals surface area contributed by atoms with Crippen LogP contribution in [0.3, 0.4) is 0 Å². The number of aliphatic hydroxyl groups excluding tert-OH is 1. The number of hydrogen-bond acceptors (Lipinski definition) is 9. The maximum absolute atomic E-state index is 12.7. The summed E-state index contributed by atoms with van der Waals surface area (Å²) >= 11 is 7.59. The minimum Gasteiger partial charge on any atom is -0.444 e. The van der Waals surface area contributed by atoms with Gasteiger partial charge in [-0.25, -0.2) is 14.8 Å². The lowest BCUT2D eigenvalue weighted by molar-refractivity contribution is 0.0294. The fourth-order valence-electron chi connectivity index (χ4n) is 3.83. The first kappa shape index (κ1) is 29.5. The fraction of sp³-hybridized carbons (Fsp3) is 0.407. The minimum atomic E-state index is -0.600. The average molecular weight is 589 g/mol. The molecule has 0 fully saturated rings. The number of aliphatic hydroxyl groups is 1. The van der Waals surface area contributed by atoms with Crippen LogP contribution in [0.2, 0.25) is 5.02 Å². The quantitative estimate of drug-likeness (QED) is 0.216. The van der Waals surface area contributed by atoms with Gasteiger partial charge >= 0.3 is 6.09 Å². The number of amides is 2. The van der Waals surface area contributed by atoms with E-state index >= 15 is 0 Å². The number of aromatic nitrogens is 3. The van der Waals surface area contributed by atoms with Gasteiger partial charge in [0.05, 0.1) is 41.1 Å². The zero-order valence-corrected chi connectivity index (χ0v) is 24.4. The van der Waals surface area contributed by atoms with Crippen LogP contribution in [-0.4, -0.2) is 82.1 Å². The van der Waals surface area contributed by atoms with Crippen molar-refractivity contribution in [3.05, 3.63) is 47.0 Å². The van der Waals surface area contributed by atoms with Crippen LogP contribution < -0.4 is 10.6 Å². The van der Waals surface area contributed by atoms with Crippen LogP contribution in [0.5, 0.6) is 0 Å². The first-order valence-electron chi connectivity index (χ1n) is 12.8. The molecular formula is C27H33ClN6O5S. The molecule has 0 aliphatic rings. The molecule has 0 spiro atoms. The van der Waals surface area contributed by atoms with Gasteiger partial charge in [-0.2, -0.15) is 0 Å². The summed E-state index contributed by atoms with van der Waals surface area (Å²) < 4.78 is 13.6. The molecule has 0 atom stereocenters. The Kier molecular flexibility index (Phi) is 9.46. The molecule has 13 heteroatoms. The van der Waals surface area contributed by atoms with E-state index in [1.165, 1.54) is 16.2 Å². The number of likely N-dealkylation sites (N-methyl/N-ethyl adjacent to an activating group) is 1. The molecule has 0 aliphatic heterocycles. The number of halogens is 1. The summed E-state index contributed by atoms with van der Waals surface area (Å²) in [6, 6.07) is 10.8. The number of carbonyl (C=O) groups excluding carboxylic acids is 2. The maximum Gasteiger partial charge on any atom is 0.410 e. The van der Waals surface area contributed by atoms with Gasteiger partial charge < -0.3 is 34.7 Å². The van der Waals surface area contributed by atoms with Gasteiger partial charge in [0.15, 0.2) is 5.13 Å². The van der Waals surface area contributed by atoms with Crippen molar-refractivity contribution in [2.75, 3.05) is 45.3 Å². The van der Waals surface area contributed by atoms with E-state index in [1.807, 2.05) is 43.5 Å². The van der Waals surface area contributed by atoms with Gasteiger partial charge in [-0.15, -0.1) is 0 Å². The Morgan fingerprint density at radius 1 is 1.12 bits per heavy atom. The molecule has 0 saturated carbocycles. The molecule has 4 rings (SSSR count). The van der Waals surface area contributed by atoms with Gasteiger partial charge in [-0.3, -0.25) is 4.79 Å². The highest BCUT2D eigenvalue weighted by Gasteiger charge is 2.21. The number of carbonyl (C=O) groups is 2. The highest BCUT2D eigenvalue weighted by molar-refractivity contribution is 7.22. The lowest BCUT2D eigenvalue weighted by Gasteiger charge is -2.25. The van der Waals surface area contributed by atoms with Crippen molar-refractivity contribution >= 4 is 67.3 Å². The zero-order chi connectivity index (χ0) is 28.9. The van der Waals surface area contributed by atoms with Gasteiger partial charge in [0.1, 0.15) is 5.60 Å². The number of imidazole rings is 1. The van der Waals surface area contributed by atoms with Crippen LogP contribution in [0.1, 0.15) is 31.1 Å². The van der Waals surface area contributed by atoms with Crippen LogP contribution in [0, 0.1) is 0 Å². The Morgan fingerprint density at radius 2 is 1.93 bits per heavy atom. The van der Waals surface area contributed by atoms with Gasteiger partial charge in [0, 0.05) is 37.3 Å². The average Bonchev–Trinajstić information content (AvgIpc) is 3.45. The maximum atomic E-state index is 12.7. The van der Waals surface area contributed by atoms with Crippen molar-refractivity contribution in [3.8, 4) is 0 Å². The first-order valence-corrected chi connectivity index (χ1v) is 14.0. The molecule has 2 heterocycles. The Labute approximate surface area is 241 Å². The monoisotopic (exact) mass is 588 g/mol. The van der Waals surface area contributed by atoms with E-state index in [0.29, 0.717) is 53.4 Å². The molecule has 11 nitrogen and oxygen atoms in total. The van der Waals surface area contributed by atoms with E-state index in [-0.39, 0.29) is 19.1 Å². The van der Waals surface area contributed by atoms with E-state index in [9.17, 15) is 9.59 Å². The van der Waals surface area contributed by atoms with Crippen molar-refractivity contribution in [2.45, 2.75) is 32.9 Å². The second-order valence-corrected chi connectivity index (χ2v) is 11.5. The number of rotatable bonds is 11. The number of thiazole rings is 1. The highest BCUT2D eigenvalue weighted by atomic mass is 35.5. The van der Waals surface area contributed by atoms with Crippen molar-refractivity contribution in [1.29, 1.82) is 0 Å². The number of ether oxygens (including phenoxy) is 2. The molecular weight excluding hydrogens is 556 g/mol. The number of nitrogens with one attached hydrogen (secondary N) is 2. The lowest BCUT2D eigenvalue weighted by atomic mass is 10.2. The van der Waals surface area contributed by atoms with E-state index in [4.69, 9.17) is 31.2 Å². The second kappa shape index (κ2) is 12.8. The lowest BCUT2D eigenvalue weighted by Crippen LogP contribution is -2.36. The highest BCUT2D eigenvalue weighted by Crippen LogP contribution is 2.31. The van der Waals surface area contributed by atoms with Crippen molar-refractivity contribution in [3.63, 3.8) is 0 Å². The molecule has 0 bridgehead atoms. The van der Waals surface area contributed by atoms with Crippen LogP contribution in [0.4, 0.5) is 15.9 Å². The predicted octanol–water partition coefficient (Wildman–Crippen LogP) is 4.65. The molecule has 40 heavy (non-hydrogen) atoms. The number of anilines is 2. The third kappa shape index (κ3) is 7.60. The van der Waals surface area contributed by atoms with Crippen molar-refractivity contribution < 1.29 is 24.2 Å². The molecule has 0 aliphatic carbocycles. The Hall–Kier alpha value is -3.45. The molecule has 214 valence electrons. The topological polar surface area (TPSA) is 131 Å². The normalized spacial score (nSPS) is 11.7. The molecule has 0 saturated heterocycles. The van der Waals surface area contributed by atoms with Crippen LogP contribution in [-0.2, 0) is 16.0 Å². The predicted molar refractivity (Wildman–Crippen MR) is 157 cm³/mol. The first-order chi connectivity index (χ1) is 19.0. The fourth-order valence-corrected chi connectivity index (χ4v) is 4.96. The summed E-state index contributed by atoms with van der Waals surface area (Å²) in [5, 5.41) is 16.2.